The van der Waals surface area contributed by atoms with E-state index in [1.165, 1.54) is 16.9 Å². The van der Waals surface area contributed by atoms with Crippen LogP contribution in [0.25, 0.3) is 11.3 Å². The molecule has 1 saturated carbocycles. The Balaban J connectivity index is 1.68. The molecule has 2 aliphatic rings. The minimum atomic E-state index is -4.42. The summed E-state index contributed by atoms with van der Waals surface area (Å²) in [6.07, 6.45) is -3.29. The summed E-state index contributed by atoms with van der Waals surface area (Å²) in [6, 6.07) is 5.84. The highest BCUT2D eigenvalue weighted by atomic mass is 32.1. The van der Waals surface area contributed by atoms with E-state index in [1.807, 2.05) is 24.3 Å². The lowest BCUT2D eigenvalue weighted by Gasteiger charge is -2.32. The van der Waals surface area contributed by atoms with Crippen molar-refractivity contribution < 1.29 is 27.5 Å². The van der Waals surface area contributed by atoms with E-state index in [9.17, 15) is 22.8 Å². The van der Waals surface area contributed by atoms with E-state index in [2.05, 4.69) is 32.7 Å². The van der Waals surface area contributed by atoms with Crippen LogP contribution in [-0.4, -0.2) is 70.4 Å². The Kier molecular flexibility index (Phi) is 6.32. The number of thiol groups is 1. The van der Waals surface area contributed by atoms with Gasteiger partial charge in [0.25, 0.3) is 0 Å². The number of amides is 2. The monoisotopic (exact) mass is 497 g/mol. The summed E-state index contributed by atoms with van der Waals surface area (Å²) in [7, 11) is 1.18. The molecule has 1 unspecified atom stereocenters. The number of hydrogen-bond acceptors (Lipinski definition) is 6. The zero-order valence-corrected chi connectivity index (χ0v) is 19.8. The lowest BCUT2D eigenvalue weighted by atomic mass is 10.0. The van der Waals surface area contributed by atoms with Crippen molar-refractivity contribution in [2.45, 2.75) is 49.0 Å². The molecule has 1 aromatic heterocycles. The molecule has 184 valence electrons. The fourth-order valence-electron chi connectivity index (χ4n) is 4.60. The first kappa shape index (κ1) is 24.4. The average molecular weight is 498 g/mol. The summed E-state index contributed by atoms with van der Waals surface area (Å²) in [5.41, 5.74) is 0.480. The van der Waals surface area contributed by atoms with Gasteiger partial charge >= 0.3 is 12.3 Å². The molecule has 4 rings (SSSR count). The van der Waals surface area contributed by atoms with Gasteiger partial charge in [-0.2, -0.15) is 13.2 Å². The maximum absolute atomic E-state index is 13.6. The van der Waals surface area contributed by atoms with Crippen LogP contribution in [0, 0.1) is 5.92 Å². The maximum Gasteiger partial charge on any atom is 0.407 e. The van der Waals surface area contributed by atoms with Crippen LogP contribution in [-0.2, 0) is 15.1 Å². The van der Waals surface area contributed by atoms with Gasteiger partial charge in [-0.3, -0.25) is 9.69 Å². The van der Waals surface area contributed by atoms with Gasteiger partial charge in [0.05, 0.1) is 32.2 Å². The Morgan fingerprint density at radius 2 is 2.00 bits per heavy atom. The molecule has 2 amide bonds. The molecule has 1 aliphatic carbocycles. The zero-order valence-electron chi connectivity index (χ0n) is 18.9. The highest BCUT2D eigenvalue weighted by Gasteiger charge is 2.71. The molecule has 2 aromatic rings. The Bertz CT molecular complexity index is 1070. The highest BCUT2D eigenvalue weighted by molar-refractivity contribution is 7.80. The number of methoxy groups -OCH3 is 1. The molecule has 12 heteroatoms. The molecule has 3 atom stereocenters. The van der Waals surface area contributed by atoms with E-state index < -0.39 is 42.3 Å². The fourth-order valence-corrected chi connectivity index (χ4v) is 4.75. The Labute approximate surface area is 200 Å². The summed E-state index contributed by atoms with van der Waals surface area (Å²) in [5.74, 6) is -0.379. The van der Waals surface area contributed by atoms with Crippen molar-refractivity contribution in [2.75, 3.05) is 20.3 Å². The normalized spacial score (nSPS) is 23.1. The van der Waals surface area contributed by atoms with Gasteiger partial charge < -0.3 is 19.9 Å². The molecular weight excluding hydrogens is 471 g/mol. The van der Waals surface area contributed by atoms with Crippen molar-refractivity contribution in [3.8, 4) is 11.3 Å². The number of hydrogen-bond donors (Lipinski definition) is 3. The predicted octanol–water partition coefficient (Wildman–Crippen LogP) is 3.38. The second kappa shape index (κ2) is 8.81. The second-order valence-electron chi connectivity index (χ2n) is 8.96. The topological polar surface area (TPSA) is 90.6 Å². The summed E-state index contributed by atoms with van der Waals surface area (Å²) in [5, 5.41) is 2.52. The van der Waals surface area contributed by atoms with Crippen molar-refractivity contribution in [3.05, 3.63) is 36.3 Å². The first-order valence-electron chi connectivity index (χ1n) is 10.8. The number of alkyl carbamates (subject to hydrolysis) is 1. The molecule has 0 bridgehead atoms. The summed E-state index contributed by atoms with van der Waals surface area (Å²) in [6.45, 7) is 2.13. The van der Waals surface area contributed by atoms with Crippen molar-refractivity contribution in [1.29, 1.82) is 0 Å². The first-order valence-corrected chi connectivity index (χ1v) is 11.2. The molecule has 8 nitrogen and oxygen atoms in total. The number of imidazole rings is 1. The zero-order chi connectivity index (χ0) is 24.8. The summed E-state index contributed by atoms with van der Waals surface area (Å²) in [4.78, 5) is 36.5. The number of halogens is 3. The van der Waals surface area contributed by atoms with Crippen molar-refractivity contribution >= 4 is 24.6 Å². The number of fused-ring (bicyclic) bond motifs is 1. The minimum absolute atomic E-state index is 0.223. The second-order valence-corrected chi connectivity index (χ2v) is 9.48. The fraction of sp³-hybridized carbons (Fsp3) is 0.500. The summed E-state index contributed by atoms with van der Waals surface area (Å²) < 4.78 is 44.4. The number of benzene rings is 1. The Morgan fingerprint density at radius 1 is 1.32 bits per heavy atom. The molecule has 2 heterocycles. The minimum Gasteiger partial charge on any atom is -0.453 e. The number of carbonyl (C=O) groups excluding carboxylic acids is 2. The number of aromatic nitrogens is 2. The van der Waals surface area contributed by atoms with Gasteiger partial charge in [-0.1, -0.05) is 26.0 Å². The van der Waals surface area contributed by atoms with Crippen LogP contribution in [0.4, 0.5) is 18.0 Å². The van der Waals surface area contributed by atoms with E-state index in [-0.39, 0.29) is 12.6 Å². The Hall–Kier alpha value is -2.73. The van der Waals surface area contributed by atoms with E-state index in [0.29, 0.717) is 17.9 Å². The molecule has 1 aliphatic heterocycles. The van der Waals surface area contributed by atoms with Crippen LogP contribution in [0.2, 0.25) is 0 Å². The van der Waals surface area contributed by atoms with Gasteiger partial charge in [0.1, 0.15) is 17.4 Å². The quantitative estimate of drug-likeness (QED) is 0.533. The van der Waals surface area contributed by atoms with Gasteiger partial charge in [0.15, 0.2) is 0 Å². The smallest absolute Gasteiger partial charge is 0.407 e. The van der Waals surface area contributed by atoms with Gasteiger partial charge in [0.2, 0.25) is 5.91 Å². The van der Waals surface area contributed by atoms with Crippen molar-refractivity contribution in [2.24, 2.45) is 5.92 Å². The van der Waals surface area contributed by atoms with Gasteiger partial charge in [-0.15, -0.1) is 12.6 Å². The van der Waals surface area contributed by atoms with Gasteiger partial charge in [-0.05, 0) is 30.0 Å². The molecule has 2 N–H and O–H groups in total. The van der Waals surface area contributed by atoms with Crippen LogP contribution in [0.15, 0.2) is 35.4 Å². The maximum atomic E-state index is 13.6. The van der Waals surface area contributed by atoms with Crippen molar-refractivity contribution in [1.82, 2.24) is 25.1 Å². The SMILES string of the molecule is COC(=O)N[C@H](C(=O)N1CN(CC(F)(F)F)C2C[C@@]21c1ncc(-c2ccc(S)cc2)[nH]1)C(C)C. The third-order valence-electron chi connectivity index (χ3n) is 6.35. The van der Waals surface area contributed by atoms with Crippen LogP contribution in [0.5, 0.6) is 0 Å². The number of alkyl halides is 3. The molecule has 0 spiro atoms. The number of carbonyl (C=O) groups is 2. The number of H-pyrrole nitrogens is 1. The molecule has 2 fully saturated rings. The third-order valence-corrected chi connectivity index (χ3v) is 6.64. The van der Waals surface area contributed by atoms with Gasteiger partial charge in [-0.25, -0.2) is 9.78 Å². The number of rotatable bonds is 6. The molecular formula is C22H26F3N5O3S. The van der Waals surface area contributed by atoms with E-state index in [0.717, 1.165) is 10.5 Å². The number of aromatic amines is 1. The average Bonchev–Trinajstić information content (AvgIpc) is 3.17. The number of nitrogens with one attached hydrogen (secondary N) is 2. The Morgan fingerprint density at radius 3 is 2.59 bits per heavy atom. The highest BCUT2D eigenvalue weighted by Crippen LogP contribution is 2.58. The largest absolute Gasteiger partial charge is 0.453 e. The van der Waals surface area contributed by atoms with Crippen LogP contribution in [0.3, 0.4) is 0 Å². The first-order chi connectivity index (χ1) is 16.0. The summed E-state index contributed by atoms with van der Waals surface area (Å²) >= 11 is 4.28. The van der Waals surface area contributed by atoms with Crippen LogP contribution < -0.4 is 5.32 Å². The number of ether oxygens (including phenoxy) is 1. The molecule has 34 heavy (non-hydrogen) atoms. The van der Waals surface area contributed by atoms with E-state index in [4.69, 9.17) is 0 Å². The molecule has 1 saturated heterocycles. The lowest BCUT2D eigenvalue weighted by molar-refractivity contribution is -0.152. The van der Waals surface area contributed by atoms with E-state index >= 15 is 0 Å². The van der Waals surface area contributed by atoms with Crippen LogP contribution in [0.1, 0.15) is 26.1 Å². The van der Waals surface area contributed by atoms with Gasteiger partial charge in [0, 0.05) is 10.9 Å². The third kappa shape index (κ3) is 4.48. The van der Waals surface area contributed by atoms with Crippen LogP contribution >= 0.6 is 12.6 Å². The molecule has 1 aromatic carbocycles. The molecule has 0 radical (unpaired) electrons. The predicted molar refractivity (Wildman–Crippen MR) is 120 cm³/mol. The lowest BCUT2D eigenvalue weighted by Crippen LogP contribution is -2.54. The standard InChI is InChI=1S/C22H26F3N5O3S/c1-12(2)17(28-20(32)33-3)18(31)30-11-29(10-22(23,24)25)16-8-21(16,30)19-26-9-15(27-19)13-4-6-14(34)7-5-13/h4-7,9,12,16-17,34H,8,10-11H2,1-3H3,(H,26,27)(H,28,32)/t16?,17-,21-/m0/s1. The van der Waals surface area contributed by atoms with Crippen molar-refractivity contribution in [3.63, 3.8) is 0 Å². The number of nitrogens with zero attached hydrogens (tertiary/aromatic N) is 3. The van der Waals surface area contributed by atoms with E-state index in [1.54, 1.807) is 20.0 Å².